The maximum Gasteiger partial charge on any atom is 0.194 e. The number of carbonyl (C=O) groups is 3. The van der Waals surface area contributed by atoms with Crippen LogP contribution in [0.25, 0.3) is 10.6 Å². The van der Waals surface area contributed by atoms with E-state index in [0.717, 1.165) is 21.8 Å². The number of thiazole rings is 1. The number of hydrogen-bond acceptors (Lipinski definition) is 9. The lowest BCUT2D eigenvalue weighted by Gasteiger charge is -2.29. The lowest BCUT2D eigenvalue weighted by molar-refractivity contribution is -0.123. The number of nitrogens with one attached hydrogen (secondary N) is 1. The molecule has 8 nitrogen and oxygen atoms in total. The van der Waals surface area contributed by atoms with Gasteiger partial charge in [0, 0.05) is 40.5 Å². The zero-order valence-electron chi connectivity index (χ0n) is 21.6. The van der Waals surface area contributed by atoms with E-state index in [1.165, 1.54) is 19.9 Å². The highest BCUT2D eigenvalue weighted by molar-refractivity contribution is 7.13. The molecule has 1 aliphatic heterocycles. The summed E-state index contributed by atoms with van der Waals surface area (Å²) in [6.07, 6.45) is 1.21. The number of benzene rings is 2. The molecular weight excluding hydrogens is 504 g/mol. The van der Waals surface area contributed by atoms with Crippen LogP contribution in [0, 0.1) is 13.8 Å². The Balaban J connectivity index is 1.48. The van der Waals surface area contributed by atoms with E-state index in [4.69, 9.17) is 4.74 Å². The zero-order chi connectivity index (χ0) is 27.5. The predicted octanol–water partition coefficient (Wildman–Crippen LogP) is 4.79. The van der Waals surface area contributed by atoms with Crippen LogP contribution >= 0.6 is 11.3 Å². The predicted molar refractivity (Wildman–Crippen MR) is 142 cm³/mol. The summed E-state index contributed by atoms with van der Waals surface area (Å²) in [7, 11) is 0. The monoisotopic (exact) mass is 530 g/mol. The van der Waals surface area contributed by atoms with Crippen LogP contribution in [0.4, 0.5) is 0 Å². The number of phenolic OH excluding ortho intramolecular Hbond substituents is 2. The molecule has 3 aromatic rings. The number of aromatic hydroxyl groups is 2. The summed E-state index contributed by atoms with van der Waals surface area (Å²) in [5.74, 6) is -2.46. The van der Waals surface area contributed by atoms with E-state index in [-0.39, 0.29) is 39.5 Å². The molecule has 1 unspecified atom stereocenters. The third kappa shape index (κ3) is 3.73. The topological polar surface area (TPSA) is 126 Å². The minimum atomic E-state index is -1.54. The Morgan fingerprint density at radius 2 is 1.79 bits per heavy atom. The van der Waals surface area contributed by atoms with Gasteiger partial charge in [-0.1, -0.05) is 24.3 Å². The van der Waals surface area contributed by atoms with Gasteiger partial charge in [0.1, 0.15) is 39.0 Å². The summed E-state index contributed by atoms with van der Waals surface area (Å²) in [4.78, 5) is 43.8. The lowest BCUT2D eigenvalue weighted by atomic mass is 9.70. The quantitative estimate of drug-likeness (QED) is 0.244. The van der Waals surface area contributed by atoms with Crippen LogP contribution in [0.5, 0.6) is 17.2 Å². The van der Waals surface area contributed by atoms with Gasteiger partial charge in [-0.05, 0) is 40.2 Å². The number of rotatable bonds is 5. The second-order valence-corrected chi connectivity index (χ2v) is 10.6. The van der Waals surface area contributed by atoms with Crippen LogP contribution in [0.1, 0.15) is 53.5 Å². The molecule has 1 atom stereocenters. The van der Waals surface area contributed by atoms with E-state index in [1.54, 1.807) is 25.2 Å². The van der Waals surface area contributed by atoms with E-state index in [9.17, 15) is 24.6 Å². The van der Waals surface area contributed by atoms with E-state index >= 15 is 0 Å². The lowest BCUT2D eigenvalue weighted by Crippen LogP contribution is -2.41. The minimum Gasteiger partial charge on any atom is -0.507 e. The van der Waals surface area contributed by atoms with Crippen LogP contribution in [-0.2, 0) is 21.5 Å². The normalized spacial score (nSPS) is 19.4. The van der Waals surface area contributed by atoms with Crippen molar-refractivity contribution in [2.45, 2.75) is 46.6 Å². The number of aromatic nitrogens is 1. The largest absolute Gasteiger partial charge is 0.507 e. The Hall–Kier alpha value is -4.24. The molecule has 0 bridgehead atoms. The summed E-state index contributed by atoms with van der Waals surface area (Å²) in [5, 5.41) is 27.5. The first-order valence-corrected chi connectivity index (χ1v) is 12.9. The molecular formula is C29H26N2O6S. The number of phenols is 2. The third-order valence-corrected chi connectivity index (χ3v) is 8.15. The molecule has 0 fully saturated rings. The van der Waals surface area contributed by atoms with Gasteiger partial charge in [0.25, 0.3) is 0 Å². The Kier molecular flexibility index (Phi) is 5.99. The van der Waals surface area contributed by atoms with Crippen LogP contribution in [-0.4, -0.2) is 32.5 Å². The zero-order valence-corrected chi connectivity index (χ0v) is 22.4. The number of carbonyl (C=O) groups excluding carboxylic acids is 3. The molecule has 1 aromatic heterocycles. The van der Waals surface area contributed by atoms with E-state index < -0.39 is 28.5 Å². The van der Waals surface area contributed by atoms with Crippen molar-refractivity contribution in [3.8, 4) is 27.8 Å². The molecule has 0 saturated carbocycles. The van der Waals surface area contributed by atoms with Gasteiger partial charge in [-0.3, -0.25) is 14.4 Å². The Morgan fingerprint density at radius 1 is 1.11 bits per heavy atom. The van der Waals surface area contributed by atoms with Gasteiger partial charge in [-0.15, -0.1) is 11.3 Å². The van der Waals surface area contributed by atoms with Crippen molar-refractivity contribution in [3.63, 3.8) is 0 Å². The van der Waals surface area contributed by atoms with Gasteiger partial charge in [0.15, 0.2) is 17.3 Å². The smallest absolute Gasteiger partial charge is 0.194 e. The first kappa shape index (κ1) is 25.4. The fraction of sp³-hybridized carbons (Fsp3) is 0.241. The van der Waals surface area contributed by atoms with E-state index in [2.05, 4.69) is 10.3 Å². The van der Waals surface area contributed by atoms with Crippen LogP contribution < -0.4 is 10.1 Å². The molecule has 2 heterocycles. The van der Waals surface area contributed by atoms with Gasteiger partial charge in [-0.25, -0.2) is 4.98 Å². The summed E-state index contributed by atoms with van der Waals surface area (Å²) in [5.41, 5.74) is 1.70. The second kappa shape index (κ2) is 8.95. The average Bonchev–Trinajstić information content (AvgIpc) is 3.43. The molecule has 1 aliphatic carbocycles. The number of allylic oxidation sites excluding steroid dienone is 4. The molecule has 5 rings (SSSR count). The third-order valence-electron chi connectivity index (χ3n) is 7.14. The van der Waals surface area contributed by atoms with Crippen LogP contribution in [0.3, 0.4) is 0 Å². The van der Waals surface area contributed by atoms with Gasteiger partial charge in [-0.2, -0.15) is 0 Å². The van der Waals surface area contributed by atoms with Crippen molar-refractivity contribution >= 4 is 28.7 Å². The van der Waals surface area contributed by atoms with E-state index in [1.807, 2.05) is 36.6 Å². The van der Waals surface area contributed by atoms with Crippen molar-refractivity contribution < 1.29 is 29.3 Å². The number of Topliss-reactive ketones (excluding diaryl/α,β-unsaturated/α-hetero) is 2. The summed E-state index contributed by atoms with van der Waals surface area (Å²) >= 11 is 1.58. The van der Waals surface area contributed by atoms with Crippen molar-refractivity contribution in [1.29, 1.82) is 0 Å². The van der Waals surface area contributed by atoms with Gasteiger partial charge in [0.05, 0.1) is 11.1 Å². The maximum atomic E-state index is 13.9. The number of hydrogen-bond donors (Lipinski definition) is 3. The molecule has 194 valence electrons. The molecule has 0 amide bonds. The summed E-state index contributed by atoms with van der Waals surface area (Å²) in [6, 6.07) is 7.87. The standard InChI is InChI=1S/C29H26N2O6S/c1-13-12-38-28(31-13)18-8-6-17(7-9-18)11-30-15(3)21-19(33)10-20-29(5,27(21)36)23-25(35)14(2)24(34)22(16(4)32)26(23)37-20/h6-10,12,30,34-35H,11H2,1-5H3. The fourth-order valence-corrected chi connectivity index (χ4v) is 5.74. The molecule has 0 radical (unpaired) electrons. The number of nitrogens with zero attached hydrogens (tertiary/aromatic N) is 1. The fourth-order valence-electron chi connectivity index (χ4n) is 4.94. The molecule has 38 heavy (non-hydrogen) atoms. The van der Waals surface area contributed by atoms with Gasteiger partial charge < -0.3 is 20.3 Å². The summed E-state index contributed by atoms with van der Waals surface area (Å²) in [6.45, 7) is 8.23. The average molecular weight is 531 g/mol. The molecule has 9 heteroatoms. The minimum absolute atomic E-state index is 0.00913. The molecule has 2 aliphatic rings. The SMILES string of the molecule is CC(=O)c1c(O)c(C)c(O)c2c1OC1=CC(=O)C(=C(C)NCc3ccc(-c4nc(C)cs4)cc3)C(=O)C12C. The molecule has 0 spiro atoms. The molecule has 2 aromatic carbocycles. The number of ketones is 3. The number of ether oxygens (including phenoxy) is 1. The van der Waals surface area contributed by atoms with Crippen molar-refractivity contribution in [3.05, 3.63) is 80.7 Å². The highest BCUT2D eigenvalue weighted by atomic mass is 32.1. The molecule has 3 N–H and O–H groups in total. The highest BCUT2D eigenvalue weighted by Crippen LogP contribution is 2.57. The van der Waals surface area contributed by atoms with E-state index in [0.29, 0.717) is 12.2 Å². The Bertz CT molecular complexity index is 1610. The van der Waals surface area contributed by atoms with Crippen molar-refractivity contribution in [2.24, 2.45) is 0 Å². The van der Waals surface area contributed by atoms with Crippen LogP contribution in [0.15, 0.2) is 52.8 Å². The second-order valence-electron chi connectivity index (χ2n) is 9.73. The Morgan fingerprint density at radius 3 is 2.39 bits per heavy atom. The first-order valence-electron chi connectivity index (χ1n) is 12.0. The number of aryl methyl sites for hydroxylation is 1. The van der Waals surface area contributed by atoms with Crippen molar-refractivity contribution in [2.75, 3.05) is 0 Å². The molecule has 0 saturated heterocycles. The van der Waals surface area contributed by atoms with Crippen LogP contribution in [0.2, 0.25) is 0 Å². The van der Waals surface area contributed by atoms with Crippen molar-refractivity contribution in [1.82, 2.24) is 10.3 Å². The Labute approximate surface area is 223 Å². The van der Waals surface area contributed by atoms with Gasteiger partial charge >= 0.3 is 0 Å². The highest BCUT2D eigenvalue weighted by Gasteiger charge is 2.56. The first-order chi connectivity index (χ1) is 17.9. The number of fused-ring (bicyclic) bond motifs is 3. The maximum absolute atomic E-state index is 13.9. The van der Waals surface area contributed by atoms with Gasteiger partial charge in [0.2, 0.25) is 0 Å². The summed E-state index contributed by atoms with van der Waals surface area (Å²) < 4.78 is 5.80.